The third-order valence-corrected chi connectivity index (χ3v) is 5.24. The van der Waals surface area contributed by atoms with Crippen LogP contribution in [0.1, 0.15) is 29.5 Å². The molecule has 1 N–H and O–H groups in total. The number of halogens is 1. The number of anilines is 2. The van der Waals surface area contributed by atoms with Gasteiger partial charge >= 0.3 is 0 Å². The molecule has 25 heavy (non-hydrogen) atoms. The smallest absolute Gasteiger partial charge is 0.250 e. The summed E-state index contributed by atoms with van der Waals surface area (Å²) in [6.45, 7) is 1.93. The molecule has 0 spiro atoms. The lowest BCUT2D eigenvalue weighted by Crippen LogP contribution is -2.35. The van der Waals surface area contributed by atoms with Gasteiger partial charge in [-0.3, -0.25) is 9.59 Å². The summed E-state index contributed by atoms with van der Waals surface area (Å²) >= 11 is 6.05. The van der Waals surface area contributed by atoms with Crippen LogP contribution in [0, 0.1) is 6.92 Å². The predicted molar refractivity (Wildman–Crippen MR) is 103 cm³/mol. The van der Waals surface area contributed by atoms with Gasteiger partial charge in [0.05, 0.1) is 5.56 Å². The zero-order valence-corrected chi connectivity index (χ0v) is 14.7. The topological polar surface area (TPSA) is 46.2 Å². The van der Waals surface area contributed by atoms with Crippen molar-refractivity contribution in [1.82, 2.24) is 0 Å². The molecule has 126 valence electrons. The van der Waals surface area contributed by atoms with E-state index in [1.807, 2.05) is 19.1 Å². The van der Waals surface area contributed by atoms with Crippen molar-refractivity contribution < 1.29 is 0 Å². The van der Waals surface area contributed by atoms with Gasteiger partial charge in [0.25, 0.3) is 5.43 Å². The van der Waals surface area contributed by atoms with Gasteiger partial charge in [-0.05, 0) is 67.0 Å². The number of nitrogens with one attached hydrogen (secondary N) is 1. The SMILES string of the molecule is Cc1ccc(Cl)cc1Nc1c(-c2ccc3c(c2)CCCC3)c(=O)c1=O. The van der Waals surface area contributed by atoms with Crippen LogP contribution in [0.3, 0.4) is 0 Å². The lowest BCUT2D eigenvalue weighted by molar-refractivity contribution is 0.686. The van der Waals surface area contributed by atoms with Crippen LogP contribution in [-0.4, -0.2) is 0 Å². The maximum atomic E-state index is 12.2. The number of hydrogen-bond acceptors (Lipinski definition) is 3. The third kappa shape index (κ3) is 2.79. The highest BCUT2D eigenvalue weighted by Gasteiger charge is 2.24. The van der Waals surface area contributed by atoms with Gasteiger partial charge in [0.1, 0.15) is 5.69 Å². The van der Waals surface area contributed by atoms with Gasteiger partial charge in [-0.25, -0.2) is 0 Å². The van der Waals surface area contributed by atoms with E-state index in [1.54, 1.807) is 12.1 Å². The number of rotatable bonds is 3. The zero-order chi connectivity index (χ0) is 17.6. The van der Waals surface area contributed by atoms with Crippen LogP contribution in [0.4, 0.5) is 11.4 Å². The summed E-state index contributed by atoms with van der Waals surface area (Å²) < 4.78 is 0. The molecule has 4 heteroatoms. The second-order valence-electron chi connectivity index (χ2n) is 6.68. The van der Waals surface area contributed by atoms with Gasteiger partial charge < -0.3 is 5.32 Å². The molecule has 0 aromatic heterocycles. The Morgan fingerprint density at radius 3 is 2.48 bits per heavy atom. The third-order valence-electron chi connectivity index (χ3n) is 5.01. The van der Waals surface area contributed by atoms with Gasteiger partial charge in [0.2, 0.25) is 5.43 Å². The van der Waals surface area contributed by atoms with Crippen LogP contribution in [0.5, 0.6) is 0 Å². The summed E-state index contributed by atoms with van der Waals surface area (Å²) in [4.78, 5) is 24.3. The van der Waals surface area contributed by atoms with E-state index in [2.05, 4.69) is 17.4 Å². The normalized spacial score (nSPS) is 13.7. The fourth-order valence-electron chi connectivity index (χ4n) is 3.54. The molecular weight excluding hydrogens is 334 g/mol. The Labute approximate surface area is 151 Å². The fraction of sp³-hybridized carbons (Fsp3) is 0.238. The molecule has 3 aromatic rings. The minimum Gasteiger partial charge on any atom is -0.351 e. The number of benzene rings is 2. The van der Waals surface area contributed by atoms with Crippen molar-refractivity contribution >= 4 is 23.0 Å². The molecule has 0 amide bonds. The van der Waals surface area contributed by atoms with Crippen LogP contribution in [0.2, 0.25) is 5.02 Å². The average Bonchev–Trinajstić information content (AvgIpc) is 2.63. The van der Waals surface area contributed by atoms with E-state index in [4.69, 9.17) is 11.6 Å². The maximum Gasteiger partial charge on any atom is 0.250 e. The predicted octanol–water partition coefficient (Wildman–Crippen LogP) is 4.53. The summed E-state index contributed by atoms with van der Waals surface area (Å²) in [5.41, 5.74) is 5.16. The van der Waals surface area contributed by atoms with E-state index in [9.17, 15) is 9.59 Å². The van der Waals surface area contributed by atoms with E-state index in [0.29, 0.717) is 16.3 Å². The highest BCUT2D eigenvalue weighted by molar-refractivity contribution is 6.30. The van der Waals surface area contributed by atoms with Crippen molar-refractivity contribution in [3.63, 3.8) is 0 Å². The fourth-order valence-corrected chi connectivity index (χ4v) is 3.71. The van der Waals surface area contributed by atoms with Gasteiger partial charge in [0, 0.05) is 10.7 Å². The molecular formula is C21H18ClNO2. The Morgan fingerprint density at radius 1 is 0.920 bits per heavy atom. The Hall–Kier alpha value is -2.39. The van der Waals surface area contributed by atoms with Gasteiger partial charge in [-0.1, -0.05) is 35.9 Å². The van der Waals surface area contributed by atoms with Gasteiger partial charge in [-0.2, -0.15) is 0 Å². The van der Waals surface area contributed by atoms with Crippen molar-refractivity contribution in [2.24, 2.45) is 0 Å². The number of aryl methyl sites for hydroxylation is 3. The van der Waals surface area contributed by atoms with Crippen molar-refractivity contribution in [3.8, 4) is 11.1 Å². The van der Waals surface area contributed by atoms with Crippen LogP contribution in [0.25, 0.3) is 11.1 Å². The van der Waals surface area contributed by atoms with Gasteiger partial charge in [0.15, 0.2) is 0 Å². The van der Waals surface area contributed by atoms with E-state index in [-0.39, 0.29) is 0 Å². The molecule has 4 rings (SSSR count). The monoisotopic (exact) mass is 351 g/mol. The lowest BCUT2D eigenvalue weighted by atomic mass is 9.88. The van der Waals surface area contributed by atoms with Crippen LogP contribution in [0.15, 0.2) is 46.0 Å². The largest absolute Gasteiger partial charge is 0.351 e. The zero-order valence-electron chi connectivity index (χ0n) is 14.0. The molecule has 0 unspecified atom stereocenters. The standard InChI is InChI=1S/C21H18ClNO2/c1-12-6-9-16(22)11-17(12)23-19-18(20(24)21(19)25)15-8-7-13-4-2-3-5-14(13)10-15/h6-11,23H,2-5H2,1H3. The molecule has 1 aliphatic carbocycles. The first-order chi connectivity index (χ1) is 12.0. The molecule has 0 aliphatic heterocycles. The van der Waals surface area contributed by atoms with Crippen molar-refractivity contribution in [3.05, 3.63) is 78.6 Å². The second kappa shape index (κ2) is 6.16. The summed E-state index contributed by atoms with van der Waals surface area (Å²) in [7, 11) is 0. The van der Waals surface area contributed by atoms with Crippen LogP contribution in [-0.2, 0) is 12.8 Å². The second-order valence-corrected chi connectivity index (χ2v) is 7.12. The Bertz CT molecular complexity index is 1040. The first-order valence-corrected chi connectivity index (χ1v) is 8.91. The molecule has 3 aromatic carbocycles. The molecule has 3 nitrogen and oxygen atoms in total. The maximum absolute atomic E-state index is 12.2. The number of hydrogen-bond donors (Lipinski definition) is 1. The first-order valence-electron chi connectivity index (χ1n) is 8.53. The van der Waals surface area contributed by atoms with Crippen molar-refractivity contribution in [2.45, 2.75) is 32.6 Å². The lowest BCUT2D eigenvalue weighted by Gasteiger charge is -2.19. The molecule has 0 saturated heterocycles. The molecule has 0 bridgehead atoms. The van der Waals surface area contributed by atoms with E-state index < -0.39 is 10.9 Å². The minimum absolute atomic E-state index is 0.367. The van der Waals surface area contributed by atoms with E-state index in [1.165, 1.54) is 24.0 Å². The highest BCUT2D eigenvalue weighted by atomic mass is 35.5. The van der Waals surface area contributed by atoms with Gasteiger partial charge in [-0.15, -0.1) is 0 Å². The molecule has 0 saturated carbocycles. The summed E-state index contributed by atoms with van der Waals surface area (Å²) in [5.74, 6) is 0. The quantitative estimate of drug-likeness (QED) is 0.705. The Morgan fingerprint density at radius 2 is 1.68 bits per heavy atom. The molecule has 1 aliphatic rings. The van der Waals surface area contributed by atoms with Crippen LogP contribution >= 0.6 is 11.6 Å². The summed E-state index contributed by atoms with van der Waals surface area (Å²) in [6, 6.07) is 11.6. The van der Waals surface area contributed by atoms with Crippen molar-refractivity contribution in [1.29, 1.82) is 0 Å². The molecule has 0 fully saturated rings. The Balaban J connectivity index is 1.75. The average molecular weight is 352 g/mol. The van der Waals surface area contributed by atoms with Crippen LogP contribution < -0.4 is 16.2 Å². The first kappa shape index (κ1) is 16.1. The Kier molecular flexibility index (Phi) is 3.97. The highest BCUT2D eigenvalue weighted by Crippen LogP contribution is 2.32. The minimum atomic E-state index is -0.466. The summed E-state index contributed by atoms with van der Waals surface area (Å²) in [5, 5.41) is 3.71. The molecule has 0 atom stereocenters. The number of fused-ring (bicyclic) bond motifs is 1. The summed E-state index contributed by atoms with van der Waals surface area (Å²) in [6.07, 6.45) is 4.52. The molecule has 0 radical (unpaired) electrons. The molecule has 0 heterocycles. The van der Waals surface area contributed by atoms with E-state index >= 15 is 0 Å². The van der Waals surface area contributed by atoms with E-state index in [0.717, 1.165) is 29.7 Å². The van der Waals surface area contributed by atoms with Crippen molar-refractivity contribution in [2.75, 3.05) is 5.32 Å².